The largest absolute Gasteiger partial charge is 0.393 e. The van der Waals surface area contributed by atoms with Crippen LogP contribution in [0.25, 0.3) is 11.3 Å². The summed E-state index contributed by atoms with van der Waals surface area (Å²) in [6.07, 6.45) is 8.12. The zero-order valence-corrected chi connectivity index (χ0v) is 18.1. The van der Waals surface area contributed by atoms with Gasteiger partial charge in [0, 0.05) is 11.1 Å². The molecule has 1 aliphatic heterocycles. The van der Waals surface area contributed by atoms with Crippen molar-refractivity contribution < 1.29 is 14.6 Å². The summed E-state index contributed by atoms with van der Waals surface area (Å²) >= 11 is 0. The summed E-state index contributed by atoms with van der Waals surface area (Å²) in [7, 11) is 0. The van der Waals surface area contributed by atoms with Crippen molar-refractivity contribution in [3.8, 4) is 11.3 Å². The lowest BCUT2D eigenvalue weighted by molar-refractivity contribution is -0.0160. The Balaban J connectivity index is 1.15. The second-order valence-corrected chi connectivity index (χ2v) is 9.00. The maximum absolute atomic E-state index is 11.4. The fourth-order valence-corrected chi connectivity index (χ4v) is 5.26. The topological polar surface area (TPSA) is 90.4 Å². The number of rotatable bonds is 7. The fourth-order valence-electron chi connectivity index (χ4n) is 5.26. The number of primary amides is 1. The third-order valence-electron chi connectivity index (χ3n) is 7.02. The summed E-state index contributed by atoms with van der Waals surface area (Å²) in [6, 6.07) is 15.9. The Bertz CT molecular complexity index is 1100. The molecule has 1 aliphatic carbocycles. The molecule has 3 aromatic rings. The number of amides is 1. The molecule has 1 aromatic heterocycles. The van der Waals surface area contributed by atoms with E-state index in [0.29, 0.717) is 18.6 Å². The molecular weight excluding hydrogens is 402 g/mol. The van der Waals surface area contributed by atoms with Crippen LogP contribution < -0.4 is 5.73 Å². The summed E-state index contributed by atoms with van der Waals surface area (Å²) in [6.45, 7) is 0.473. The van der Waals surface area contributed by atoms with E-state index in [-0.39, 0.29) is 24.2 Å². The number of aliphatic hydroxyl groups excluding tert-OH is 1. The zero-order valence-electron chi connectivity index (χ0n) is 18.1. The smallest absolute Gasteiger partial charge is 0.248 e. The Morgan fingerprint density at radius 1 is 1.16 bits per heavy atom. The average Bonchev–Trinajstić information content (AvgIpc) is 3.41. The lowest BCUT2D eigenvalue weighted by atomic mass is 9.81. The molecule has 1 fully saturated rings. The minimum absolute atomic E-state index is 0.144. The van der Waals surface area contributed by atoms with Gasteiger partial charge in [0.1, 0.15) is 0 Å². The number of aromatic nitrogens is 2. The predicted molar refractivity (Wildman–Crippen MR) is 122 cm³/mol. The molecule has 2 heterocycles. The van der Waals surface area contributed by atoms with Crippen LogP contribution in [-0.4, -0.2) is 32.8 Å². The SMILES string of the molecule is NC(=O)c1cccc(CO[C@H]2CC[C@H](C(O)CC3c4ccccc4-c4cncn43)CC2)c1. The molecule has 1 amide bonds. The predicted octanol–water partition coefficient (Wildman–Crippen LogP) is 4.08. The molecule has 5 rings (SSSR count). The first-order valence-corrected chi connectivity index (χ1v) is 11.4. The van der Waals surface area contributed by atoms with Gasteiger partial charge in [-0.15, -0.1) is 0 Å². The number of carbonyl (C=O) groups excluding carboxylic acids is 1. The van der Waals surface area contributed by atoms with Crippen molar-refractivity contribution >= 4 is 5.91 Å². The molecule has 166 valence electrons. The Hall–Kier alpha value is -2.96. The monoisotopic (exact) mass is 431 g/mol. The van der Waals surface area contributed by atoms with Crippen molar-refractivity contribution in [2.24, 2.45) is 11.7 Å². The number of ether oxygens (including phenoxy) is 1. The quantitative estimate of drug-likeness (QED) is 0.590. The highest BCUT2D eigenvalue weighted by Gasteiger charge is 2.33. The van der Waals surface area contributed by atoms with Gasteiger partial charge in [0.05, 0.1) is 43.1 Å². The van der Waals surface area contributed by atoms with Crippen LogP contribution in [0.3, 0.4) is 0 Å². The van der Waals surface area contributed by atoms with E-state index in [0.717, 1.165) is 36.9 Å². The van der Waals surface area contributed by atoms with Gasteiger partial charge in [0.15, 0.2) is 0 Å². The molecule has 6 nitrogen and oxygen atoms in total. The number of hydrogen-bond donors (Lipinski definition) is 2. The van der Waals surface area contributed by atoms with Crippen LogP contribution in [-0.2, 0) is 11.3 Å². The van der Waals surface area contributed by atoms with E-state index in [9.17, 15) is 9.90 Å². The Kier molecular flexibility index (Phi) is 5.81. The van der Waals surface area contributed by atoms with Gasteiger partial charge in [-0.1, -0.05) is 36.4 Å². The molecule has 2 aliphatic rings. The Morgan fingerprint density at radius 3 is 2.78 bits per heavy atom. The number of aliphatic hydroxyl groups is 1. The number of fused-ring (bicyclic) bond motifs is 3. The first kappa shape index (κ1) is 20.9. The third-order valence-corrected chi connectivity index (χ3v) is 7.02. The molecule has 2 aromatic carbocycles. The molecule has 0 radical (unpaired) electrons. The second-order valence-electron chi connectivity index (χ2n) is 9.00. The van der Waals surface area contributed by atoms with Crippen LogP contribution in [0.5, 0.6) is 0 Å². The molecule has 32 heavy (non-hydrogen) atoms. The van der Waals surface area contributed by atoms with Crippen LogP contribution >= 0.6 is 0 Å². The highest BCUT2D eigenvalue weighted by molar-refractivity contribution is 5.92. The number of nitrogens with zero attached hydrogens (tertiary/aromatic N) is 2. The molecule has 2 atom stereocenters. The van der Waals surface area contributed by atoms with Gasteiger partial charge in [-0.05, 0) is 61.3 Å². The van der Waals surface area contributed by atoms with Gasteiger partial charge in [-0.25, -0.2) is 4.98 Å². The van der Waals surface area contributed by atoms with Crippen LogP contribution in [0.15, 0.2) is 61.1 Å². The van der Waals surface area contributed by atoms with Crippen molar-refractivity contribution in [2.75, 3.05) is 0 Å². The van der Waals surface area contributed by atoms with Crippen molar-refractivity contribution in [2.45, 2.75) is 57.0 Å². The van der Waals surface area contributed by atoms with Crippen molar-refractivity contribution in [3.05, 3.63) is 77.7 Å². The van der Waals surface area contributed by atoms with E-state index in [1.165, 1.54) is 11.1 Å². The highest BCUT2D eigenvalue weighted by atomic mass is 16.5. The molecule has 2 unspecified atom stereocenters. The van der Waals surface area contributed by atoms with E-state index in [1.807, 2.05) is 24.7 Å². The number of imidazole rings is 1. The number of nitrogens with two attached hydrogens (primary N) is 1. The summed E-state index contributed by atoms with van der Waals surface area (Å²) in [5.74, 6) is -0.137. The van der Waals surface area contributed by atoms with Crippen LogP contribution in [0.1, 0.15) is 59.6 Å². The van der Waals surface area contributed by atoms with Gasteiger partial charge < -0.3 is 20.1 Å². The minimum atomic E-state index is -0.422. The molecule has 1 saturated carbocycles. The van der Waals surface area contributed by atoms with E-state index in [4.69, 9.17) is 10.5 Å². The number of benzene rings is 2. The minimum Gasteiger partial charge on any atom is -0.393 e. The van der Waals surface area contributed by atoms with Gasteiger partial charge >= 0.3 is 0 Å². The van der Waals surface area contributed by atoms with E-state index in [2.05, 4.69) is 33.8 Å². The Labute approximate surface area is 188 Å². The first-order chi connectivity index (χ1) is 15.6. The standard InChI is InChI=1S/C26H29N3O3/c27-26(31)19-5-3-4-17(12-19)15-32-20-10-8-18(9-11-20)25(30)13-23-21-6-1-2-7-22(21)24-14-28-16-29(23)24/h1-7,12,14,16,18,20,23,25,30H,8-11,13,15H2,(H2,27,31)/t18-,20-,23?,25?. The van der Waals surface area contributed by atoms with Crippen LogP contribution in [0.2, 0.25) is 0 Å². The third kappa shape index (κ3) is 4.08. The van der Waals surface area contributed by atoms with Crippen molar-refractivity contribution in [1.82, 2.24) is 9.55 Å². The summed E-state index contributed by atoms with van der Waals surface area (Å²) in [5, 5.41) is 11.1. The first-order valence-electron chi connectivity index (χ1n) is 11.4. The number of hydrogen-bond acceptors (Lipinski definition) is 4. The second kappa shape index (κ2) is 8.88. The van der Waals surface area contributed by atoms with E-state index < -0.39 is 5.91 Å². The van der Waals surface area contributed by atoms with E-state index >= 15 is 0 Å². The maximum atomic E-state index is 11.4. The fraction of sp³-hybridized carbons (Fsp3) is 0.385. The summed E-state index contributed by atoms with van der Waals surface area (Å²) < 4.78 is 8.30. The van der Waals surface area contributed by atoms with Crippen molar-refractivity contribution in [1.29, 1.82) is 0 Å². The van der Waals surface area contributed by atoms with Gasteiger partial charge in [0.2, 0.25) is 5.91 Å². The van der Waals surface area contributed by atoms with Gasteiger partial charge in [0.25, 0.3) is 0 Å². The van der Waals surface area contributed by atoms with Crippen molar-refractivity contribution in [3.63, 3.8) is 0 Å². The van der Waals surface area contributed by atoms with Crippen LogP contribution in [0.4, 0.5) is 0 Å². The summed E-state index contributed by atoms with van der Waals surface area (Å²) in [4.78, 5) is 15.7. The molecule has 3 N–H and O–H groups in total. The average molecular weight is 432 g/mol. The Morgan fingerprint density at radius 2 is 1.97 bits per heavy atom. The summed E-state index contributed by atoms with van der Waals surface area (Å²) in [5.41, 5.74) is 10.5. The maximum Gasteiger partial charge on any atom is 0.248 e. The molecule has 6 heteroatoms. The lowest BCUT2D eigenvalue weighted by Crippen LogP contribution is -2.30. The van der Waals surface area contributed by atoms with E-state index in [1.54, 1.807) is 12.1 Å². The molecule has 0 bridgehead atoms. The van der Waals surface area contributed by atoms with Gasteiger partial charge in [-0.2, -0.15) is 0 Å². The highest BCUT2D eigenvalue weighted by Crippen LogP contribution is 2.42. The molecule has 0 saturated heterocycles. The van der Waals surface area contributed by atoms with Gasteiger partial charge in [-0.3, -0.25) is 4.79 Å². The lowest BCUT2D eigenvalue weighted by Gasteiger charge is -2.32. The molecule has 0 spiro atoms. The normalized spacial score (nSPS) is 22.8. The zero-order chi connectivity index (χ0) is 22.1. The molecular formula is C26H29N3O3. The van der Waals surface area contributed by atoms with Crippen LogP contribution in [0, 0.1) is 5.92 Å². The number of carbonyl (C=O) groups is 1.